The summed E-state index contributed by atoms with van der Waals surface area (Å²) in [6.45, 7) is 0.209. The van der Waals surface area contributed by atoms with Crippen LogP contribution in [0.2, 0.25) is 0 Å². The lowest BCUT2D eigenvalue weighted by Gasteiger charge is -1.99. The number of amides is 1. The topological polar surface area (TPSA) is 29.1 Å². The Balaban J connectivity index is 2.75. The molecule has 0 bridgehead atoms. The van der Waals surface area contributed by atoms with Crippen molar-refractivity contribution in [1.29, 1.82) is 0 Å². The number of nitrogens with one attached hydrogen (secondary N) is 1. The second kappa shape index (κ2) is 3.80. The number of carbonyl (C=O) groups is 1. The maximum atomic E-state index is 12.5. The highest BCUT2D eigenvalue weighted by Crippen LogP contribution is 2.07. The van der Waals surface area contributed by atoms with Crippen LogP contribution in [0, 0.1) is 11.6 Å². The molecule has 0 aliphatic heterocycles. The molecule has 0 saturated carbocycles. The third-order valence-corrected chi connectivity index (χ3v) is 1.37. The summed E-state index contributed by atoms with van der Waals surface area (Å²) >= 11 is 0. The molecular formula is C8H7F2NO. The quantitative estimate of drug-likeness (QED) is 0.680. The molecule has 0 saturated heterocycles. The Hall–Kier alpha value is -1.45. The van der Waals surface area contributed by atoms with Crippen LogP contribution in [-0.2, 0) is 11.3 Å². The maximum Gasteiger partial charge on any atom is 0.207 e. The minimum Gasteiger partial charge on any atom is -0.355 e. The summed E-state index contributed by atoms with van der Waals surface area (Å²) in [6.07, 6.45) is 0.501. The van der Waals surface area contributed by atoms with Gasteiger partial charge >= 0.3 is 0 Å². The van der Waals surface area contributed by atoms with E-state index >= 15 is 0 Å². The molecule has 0 aliphatic carbocycles. The van der Waals surface area contributed by atoms with Gasteiger partial charge in [-0.05, 0) is 17.7 Å². The van der Waals surface area contributed by atoms with Gasteiger partial charge in [0.05, 0.1) is 0 Å². The third kappa shape index (κ3) is 2.02. The molecule has 1 aromatic carbocycles. The standard InChI is InChI=1S/C8H7F2NO/c9-7-2-1-6(3-8(7)10)4-11-5-12/h1-3,5H,4H2,(H,11,12). The van der Waals surface area contributed by atoms with Crippen LogP contribution in [0.4, 0.5) is 8.78 Å². The fourth-order valence-electron chi connectivity index (χ4n) is 0.809. The number of rotatable bonds is 3. The summed E-state index contributed by atoms with van der Waals surface area (Å²) in [4.78, 5) is 9.85. The zero-order valence-electron chi connectivity index (χ0n) is 6.18. The number of carbonyl (C=O) groups excluding carboxylic acids is 1. The summed E-state index contributed by atoms with van der Waals surface area (Å²) in [7, 11) is 0. The van der Waals surface area contributed by atoms with E-state index in [1.807, 2.05) is 0 Å². The van der Waals surface area contributed by atoms with Gasteiger partial charge in [-0.25, -0.2) is 8.78 Å². The van der Waals surface area contributed by atoms with Gasteiger partial charge in [-0.1, -0.05) is 6.07 Å². The van der Waals surface area contributed by atoms with Gasteiger partial charge in [-0.15, -0.1) is 0 Å². The number of benzene rings is 1. The Labute approximate surface area is 68.2 Å². The van der Waals surface area contributed by atoms with E-state index in [9.17, 15) is 13.6 Å². The van der Waals surface area contributed by atoms with E-state index in [0.717, 1.165) is 12.1 Å². The van der Waals surface area contributed by atoms with Crippen molar-refractivity contribution in [2.45, 2.75) is 6.54 Å². The van der Waals surface area contributed by atoms with Gasteiger partial charge in [0, 0.05) is 6.54 Å². The lowest BCUT2D eigenvalue weighted by molar-refractivity contribution is -0.109. The van der Waals surface area contributed by atoms with Crippen molar-refractivity contribution in [1.82, 2.24) is 5.32 Å². The van der Waals surface area contributed by atoms with Gasteiger partial charge in [0.2, 0.25) is 6.41 Å². The molecule has 0 fully saturated rings. The van der Waals surface area contributed by atoms with E-state index in [-0.39, 0.29) is 6.54 Å². The van der Waals surface area contributed by atoms with Crippen molar-refractivity contribution in [2.75, 3.05) is 0 Å². The van der Waals surface area contributed by atoms with E-state index in [1.165, 1.54) is 6.07 Å². The molecule has 1 aromatic rings. The molecule has 0 unspecified atom stereocenters. The predicted molar refractivity (Wildman–Crippen MR) is 39.3 cm³/mol. The SMILES string of the molecule is O=CNCc1ccc(F)c(F)c1. The maximum absolute atomic E-state index is 12.5. The van der Waals surface area contributed by atoms with Gasteiger partial charge < -0.3 is 5.32 Å². The Morgan fingerprint density at radius 3 is 2.67 bits per heavy atom. The average molecular weight is 171 g/mol. The molecule has 12 heavy (non-hydrogen) atoms. The van der Waals surface area contributed by atoms with Crippen molar-refractivity contribution in [3.63, 3.8) is 0 Å². The normalized spacial score (nSPS) is 9.50. The molecule has 0 heterocycles. The molecule has 2 nitrogen and oxygen atoms in total. The average Bonchev–Trinajstić information content (AvgIpc) is 2.07. The molecule has 0 radical (unpaired) electrons. The molecule has 0 spiro atoms. The first-order chi connectivity index (χ1) is 5.74. The van der Waals surface area contributed by atoms with Gasteiger partial charge in [0.15, 0.2) is 11.6 Å². The highest BCUT2D eigenvalue weighted by Gasteiger charge is 2.00. The van der Waals surface area contributed by atoms with E-state index in [0.29, 0.717) is 12.0 Å². The van der Waals surface area contributed by atoms with Crippen molar-refractivity contribution in [2.24, 2.45) is 0 Å². The first kappa shape index (κ1) is 8.64. The molecule has 1 amide bonds. The molecular weight excluding hydrogens is 164 g/mol. The molecule has 0 atom stereocenters. The van der Waals surface area contributed by atoms with E-state index < -0.39 is 11.6 Å². The minimum atomic E-state index is -0.903. The zero-order valence-corrected chi connectivity index (χ0v) is 6.18. The van der Waals surface area contributed by atoms with E-state index in [2.05, 4.69) is 5.32 Å². The highest BCUT2D eigenvalue weighted by atomic mass is 19.2. The lowest BCUT2D eigenvalue weighted by atomic mass is 10.2. The summed E-state index contributed by atoms with van der Waals surface area (Å²) in [6, 6.07) is 3.48. The van der Waals surface area contributed by atoms with Crippen LogP contribution in [-0.4, -0.2) is 6.41 Å². The predicted octanol–water partition coefficient (Wildman–Crippen LogP) is 1.21. The van der Waals surface area contributed by atoms with Crippen LogP contribution in [0.1, 0.15) is 5.56 Å². The number of hydrogen-bond acceptors (Lipinski definition) is 1. The van der Waals surface area contributed by atoms with Gasteiger partial charge in [0.25, 0.3) is 0 Å². The summed E-state index contributed by atoms with van der Waals surface area (Å²) in [5.74, 6) is -1.79. The Morgan fingerprint density at radius 1 is 1.33 bits per heavy atom. The summed E-state index contributed by atoms with van der Waals surface area (Å²) in [5, 5.41) is 2.34. The molecule has 4 heteroatoms. The van der Waals surface area contributed by atoms with Crippen LogP contribution >= 0.6 is 0 Å². The van der Waals surface area contributed by atoms with Crippen molar-refractivity contribution in [3.05, 3.63) is 35.4 Å². The highest BCUT2D eigenvalue weighted by molar-refractivity contribution is 5.46. The number of hydrogen-bond donors (Lipinski definition) is 1. The smallest absolute Gasteiger partial charge is 0.207 e. The van der Waals surface area contributed by atoms with Gasteiger partial charge in [-0.2, -0.15) is 0 Å². The Morgan fingerprint density at radius 2 is 2.08 bits per heavy atom. The Bertz CT molecular complexity index is 288. The van der Waals surface area contributed by atoms with Crippen molar-refractivity contribution < 1.29 is 13.6 Å². The van der Waals surface area contributed by atoms with E-state index in [4.69, 9.17) is 0 Å². The van der Waals surface area contributed by atoms with Gasteiger partial charge in [-0.3, -0.25) is 4.79 Å². The van der Waals surface area contributed by atoms with Crippen LogP contribution < -0.4 is 5.32 Å². The number of halogens is 2. The monoisotopic (exact) mass is 171 g/mol. The second-order valence-electron chi connectivity index (χ2n) is 2.25. The Kier molecular flexibility index (Phi) is 2.74. The van der Waals surface area contributed by atoms with E-state index in [1.54, 1.807) is 0 Å². The largest absolute Gasteiger partial charge is 0.355 e. The fraction of sp³-hybridized carbons (Fsp3) is 0.125. The first-order valence-electron chi connectivity index (χ1n) is 3.35. The van der Waals surface area contributed by atoms with Crippen LogP contribution in [0.15, 0.2) is 18.2 Å². The zero-order chi connectivity index (χ0) is 8.97. The summed E-state index contributed by atoms with van der Waals surface area (Å²) in [5.41, 5.74) is 0.529. The fourth-order valence-corrected chi connectivity index (χ4v) is 0.809. The van der Waals surface area contributed by atoms with Crippen LogP contribution in [0.5, 0.6) is 0 Å². The lowest BCUT2D eigenvalue weighted by Crippen LogP contribution is -2.09. The van der Waals surface area contributed by atoms with Crippen LogP contribution in [0.25, 0.3) is 0 Å². The van der Waals surface area contributed by atoms with Gasteiger partial charge in [0.1, 0.15) is 0 Å². The molecule has 0 aliphatic rings. The molecule has 0 aromatic heterocycles. The van der Waals surface area contributed by atoms with Crippen molar-refractivity contribution in [3.8, 4) is 0 Å². The molecule has 1 rings (SSSR count). The minimum absolute atomic E-state index is 0.209. The third-order valence-electron chi connectivity index (χ3n) is 1.37. The first-order valence-corrected chi connectivity index (χ1v) is 3.35. The van der Waals surface area contributed by atoms with Crippen LogP contribution in [0.3, 0.4) is 0 Å². The summed E-state index contributed by atoms with van der Waals surface area (Å²) < 4.78 is 24.9. The molecule has 64 valence electrons. The van der Waals surface area contributed by atoms with Crippen molar-refractivity contribution >= 4 is 6.41 Å². The molecule has 1 N–H and O–H groups in total. The second-order valence-corrected chi connectivity index (χ2v) is 2.25.